The maximum absolute atomic E-state index is 9.27. The van der Waals surface area contributed by atoms with Gasteiger partial charge in [0.05, 0.1) is 12.8 Å². The van der Waals surface area contributed by atoms with Gasteiger partial charge in [-0.2, -0.15) is 5.26 Å². The van der Waals surface area contributed by atoms with Crippen molar-refractivity contribution in [1.82, 2.24) is 9.97 Å². The molecular formula is C17H18N4O. The molecule has 1 aliphatic heterocycles. The summed E-state index contributed by atoms with van der Waals surface area (Å²) in [4.78, 5) is 11.1. The Bertz CT molecular complexity index is 730. The number of hydrogen-bond acceptors (Lipinski definition) is 5. The summed E-state index contributed by atoms with van der Waals surface area (Å²) in [6, 6.07) is 9.80. The Labute approximate surface area is 130 Å². The molecule has 2 heterocycles. The fourth-order valence-electron chi connectivity index (χ4n) is 2.71. The summed E-state index contributed by atoms with van der Waals surface area (Å²) >= 11 is 0. The third-order valence-corrected chi connectivity index (χ3v) is 3.85. The summed E-state index contributed by atoms with van der Waals surface area (Å²) in [5.41, 5.74) is 3.13. The lowest BCUT2D eigenvalue weighted by Crippen LogP contribution is -2.21. The molecule has 0 unspecified atom stereocenters. The van der Waals surface area contributed by atoms with Crippen molar-refractivity contribution in [1.29, 1.82) is 5.26 Å². The van der Waals surface area contributed by atoms with Gasteiger partial charge in [0.25, 0.3) is 0 Å². The van der Waals surface area contributed by atoms with E-state index in [0.29, 0.717) is 11.6 Å². The third kappa shape index (κ3) is 2.73. The average Bonchev–Trinajstić information content (AvgIpc) is 3.09. The zero-order chi connectivity index (χ0) is 15.5. The molecule has 22 heavy (non-hydrogen) atoms. The Kier molecular flexibility index (Phi) is 3.92. The Morgan fingerprint density at radius 1 is 1.18 bits per heavy atom. The first kappa shape index (κ1) is 14.3. The van der Waals surface area contributed by atoms with Gasteiger partial charge in [0, 0.05) is 24.7 Å². The number of ether oxygens (including phenoxy) is 1. The molecule has 3 rings (SSSR count). The molecule has 2 aromatic rings. The van der Waals surface area contributed by atoms with Crippen LogP contribution in [-0.2, 0) is 0 Å². The Morgan fingerprint density at radius 2 is 1.95 bits per heavy atom. The van der Waals surface area contributed by atoms with Gasteiger partial charge in [0.2, 0.25) is 5.95 Å². The van der Waals surface area contributed by atoms with E-state index in [1.54, 1.807) is 13.2 Å². The van der Waals surface area contributed by atoms with Crippen molar-refractivity contribution in [2.24, 2.45) is 0 Å². The van der Waals surface area contributed by atoms with Crippen molar-refractivity contribution >= 4 is 5.95 Å². The highest BCUT2D eigenvalue weighted by atomic mass is 16.5. The van der Waals surface area contributed by atoms with E-state index >= 15 is 0 Å². The van der Waals surface area contributed by atoms with Gasteiger partial charge in [-0.3, -0.25) is 0 Å². The second-order valence-corrected chi connectivity index (χ2v) is 5.45. The van der Waals surface area contributed by atoms with Crippen molar-refractivity contribution in [3.8, 4) is 23.1 Å². The molecule has 5 nitrogen and oxygen atoms in total. The molecule has 5 heteroatoms. The van der Waals surface area contributed by atoms with Crippen molar-refractivity contribution in [3.63, 3.8) is 0 Å². The van der Waals surface area contributed by atoms with Gasteiger partial charge < -0.3 is 9.64 Å². The van der Waals surface area contributed by atoms with E-state index in [1.165, 1.54) is 0 Å². The molecule has 0 saturated carbocycles. The highest BCUT2D eigenvalue weighted by molar-refractivity contribution is 5.69. The minimum atomic E-state index is 0.385. The summed E-state index contributed by atoms with van der Waals surface area (Å²) in [6.45, 7) is 3.91. The SMILES string of the molecule is COc1ccc(C)cc1-c1cc(C#N)nc(N2CCCC2)n1. The number of nitrogens with zero attached hydrogens (tertiary/aromatic N) is 4. The van der Waals surface area contributed by atoms with Crippen molar-refractivity contribution in [3.05, 3.63) is 35.5 Å². The van der Waals surface area contributed by atoms with Crippen LogP contribution >= 0.6 is 0 Å². The van der Waals surface area contributed by atoms with E-state index in [1.807, 2.05) is 25.1 Å². The number of aryl methyl sites for hydroxylation is 1. The van der Waals surface area contributed by atoms with E-state index < -0.39 is 0 Å². The fraction of sp³-hybridized carbons (Fsp3) is 0.353. The topological polar surface area (TPSA) is 62.0 Å². The van der Waals surface area contributed by atoms with Gasteiger partial charge >= 0.3 is 0 Å². The molecule has 0 atom stereocenters. The monoisotopic (exact) mass is 294 g/mol. The van der Waals surface area contributed by atoms with Crippen LogP contribution in [0.3, 0.4) is 0 Å². The second kappa shape index (κ2) is 6.02. The molecule has 0 N–H and O–H groups in total. The van der Waals surface area contributed by atoms with Crippen molar-refractivity contribution in [2.75, 3.05) is 25.1 Å². The van der Waals surface area contributed by atoms with Gasteiger partial charge in [-0.1, -0.05) is 11.6 Å². The lowest BCUT2D eigenvalue weighted by atomic mass is 10.1. The maximum Gasteiger partial charge on any atom is 0.227 e. The van der Waals surface area contributed by atoms with Crippen molar-refractivity contribution < 1.29 is 4.74 Å². The van der Waals surface area contributed by atoms with E-state index in [9.17, 15) is 5.26 Å². The zero-order valence-corrected chi connectivity index (χ0v) is 12.8. The van der Waals surface area contributed by atoms with Gasteiger partial charge in [0.15, 0.2) is 0 Å². The molecule has 112 valence electrons. The highest BCUT2D eigenvalue weighted by Gasteiger charge is 2.18. The standard InChI is InChI=1S/C17H18N4O/c1-12-5-6-16(22-2)14(9-12)15-10-13(11-18)19-17(20-15)21-7-3-4-8-21/h5-6,9-10H,3-4,7-8H2,1-2H3. The predicted octanol–water partition coefficient (Wildman–Crippen LogP) is 2.93. The average molecular weight is 294 g/mol. The summed E-state index contributed by atoms with van der Waals surface area (Å²) in [5, 5.41) is 9.27. The van der Waals surface area contributed by atoms with Gasteiger partial charge in [0.1, 0.15) is 17.5 Å². The van der Waals surface area contributed by atoms with Crippen LogP contribution in [-0.4, -0.2) is 30.2 Å². The van der Waals surface area contributed by atoms with Gasteiger partial charge in [-0.15, -0.1) is 0 Å². The van der Waals surface area contributed by atoms with Crippen molar-refractivity contribution in [2.45, 2.75) is 19.8 Å². The van der Waals surface area contributed by atoms with Crippen LogP contribution in [0.25, 0.3) is 11.3 Å². The number of methoxy groups -OCH3 is 1. The lowest BCUT2D eigenvalue weighted by Gasteiger charge is -2.17. The predicted molar refractivity (Wildman–Crippen MR) is 84.9 cm³/mol. The fourth-order valence-corrected chi connectivity index (χ4v) is 2.71. The van der Waals surface area contributed by atoms with Crippen LogP contribution < -0.4 is 9.64 Å². The van der Waals surface area contributed by atoms with E-state index in [2.05, 4.69) is 20.9 Å². The first-order chi connectivity index (χ1) is 10.7. The van der Waals surface area contributed by atoms with E-state index in [0.717, 1.165) is 48.5 Å². The number of benzene rings is 1. The molecule has 1 aromatic heterocycles. The van der Waals surface area contributed by atoms with Crippen LogP contribution in [0.15, 0.2) is 24.3 Å². The Hall–Kier alpha value is -2.61. The molecule has 1 aliphatic rings. The Balaban J connectivity index is 2.12. The van der Waals surface area contributed by atoms with Crippen LogP contribution in [0.5, 0.6) is 5.75 Å². The highest BCUT2D eigenvalue weighted by Crippen LogP contribution is 2.31. The number of anilines is 1. The summed E-state index contributed by atoms with van der Waals surface area (Å²) < 4.78 is 5.44. The minimum Gasteiger partial charge on any atom is -0.496 e. The molecule has 1 aromatic carbocycles. The normalized spacial score (nSPS) is 14.0. The minimum absolute atomic E-state index is 0.385. The molecule has 0 bridgehead atoms. The smallest absolute Gasteiger partial charge is 0.227 e. The van der Waals surface area contributed by atoms with Crippen LogP contribution in [0, 0.1) is 18.3 Å². The molecular weight excluding hydrogens is 276 g/mol. The summed E-state index contributed by atoms with van der Waals surface area (Å²) in [5.74, 6) is 1.38. The van der Waals surface area contributed by atoms with E-state index in [-0.39, 0.29) is 0 Å². The summed E-state index contributed by atoms with van der Waals surface area (Å²) in [7, 11) is 1.64. The number of nitriles is 1. The van der Waals surface area contributed by atoms with Gasteiger partial charge in [-0.25, -0.2) is 9.97 Å². The largest absolute Gasteiger partial charge is 0.496 e. The molecule has 1 fully saturated rings. The molecule has 1 saturated heterocycles. The third-order valence-electron chi connectivity index (χ3n) is 3.85. The van der Waals surface area contributed by atoms with Gasteiger partial charge in [-0.05, 0) is 31.9 Å². The summed E-state index contributed by atoms with van der Waals surface area (Å²) in [6.07, 6.45) is 2.28. The van der Waals surface area contributed by atoms with Crippen LogP contribution in [0.4, 0.5) is 5.95 Å². The van der Waals surface area contributed by atoms with Crippen LogP contribution in [0.2, 0.25) is 0 Å². The zero-order valence-electron chi connectivity index (χ0n) is 12.8. The second-order valence-electron chi connectivity index (χ2n) is 5.45. The molecule has 0 radical (unpaired) electrons. The molecule has 0 amide bonds. The number of rotatable bonds is 3. The van der Waals surface area contributed by atoms with Crippen LogP contribution in [0.1, 0.15) is 24.1 Å². The molecule has 0 spiro atoms. The number of aromatic nitrogens is 2. The van der Waals surface area contributed by atoms with E-state index in [4.69, 9.17) is 4.74 Å². The first-order valence-electron chi connectivity index (χ1n) is 7.40. The number of hydrogen-bond donors (Lipinski definition) is 0. The lowest BCUT2D eigenvalue weighted by molar-refractivity contribution is 0.416. The molecule has 0 aliphatic carbocycles. The maximum atomic E-state index is 9.27. The Morgan fingerprint density at radius 3 is 2.64 bits per heavy atom. The first-order valence-corrected chi connectivity index (χ1v) is 7.40. The quantitative estimate of drug-likeness (QED) is 0.871.